The van der Waals surface area contributed by atoms with E-state index in [0.29, 0.717) is 10.6 Å². The summed E-state index contributed by atoms with van der Waals surface area (Å²) in [6.07, 6.45) is 1.80. The molecule has 0 bridgehead atoms. The van der Waals surface area contributed by atoms with Crippen molar-refractivity contribution in [2.24, 2.45) is 0 Å². The quantitative estimate of drug-likeness (QED) is 0.677. The molecule has 0 spiro atoms. The maximum atomic E-state index is 12.4. The van der Waals surface area contributed by atoms with E-state index in [4.69, 9.17) is 16.3 Å². The van der Waals surface area contributed by atoms with Crippen molar-refractivity contribution in [3.8, 4) is 5.75 Å². The second-order valence-electron chi connectivity index (χ2n) is 4.77. The first-order chi connectivity index (χ1) is 10.2. The molecule has 4 heteroatoms. The number of nitrogens with zero attached hydrogens (tertiary/aromatic N) is 1. The number of aromatic nitrogens is 1. The van der Waals surface area contributed by atoms with E-state index >= 15 is 0 Å². The van der Waals surface area contributed by atoms with Crippen molar-refractivity contribution in [3.05, 3.63) is 65.3 Å². The number of carbonyl (C=O) groups is 1. The van der Waals surface area contributed by atoms with Crippen LogP contribution in [0.25, 0.3) is 10.9 Å². The number of rotatable bonds is 4. The Morgan fingerprint density at radius 2 is 1.86 bits per heavy atom. The molecule has 0 saturated carbocycles. The third-order valence-corrected chi connectivity index (χ3v) is 3.77. The highest BCUT2D eigenvalue weighted by molar-refractivity contribution is 6.35. The van der Waals surface area contributed by atoms with Gasteiger partial charge in [-0.3, -0.25) is 4.79 Å². The number of carbonyl (C=O) groups excluding carboxylic acids is 1. The Bertz CT molecular complexity index is 790. The summed E-state index contributed by atoms with van der Waals surface area (Å²) in [4.78, 5) is 12.4. The third kappa shape index (κ3) is 2.65. The third-order valence-electron chi connectivity index (χ3n) is 3.47. The number of methoxy groups -OCH3 is 1. The van der Waals surface area contributed by atoms with Crippen LogP contribution in [0, 0.1) is 0 Å². The fraction of sp³-hybridized carbons (Fsp3) is 0.118. The molecule has 0 aliphatic heterocycles. The highest BCUT2D eigenvalue weighted by Crippen LogP contribution is 2.25. The lowest BCUT2D eigenvalue weighted by Crippen LogP contribution is -2.09. The van der Waals surface area contributed by atoms with Crippen LogP contribution in [-0.4, -0.2) is 17.5 Å². The Balaban J connectivity index is 1.89. The fourth-order valence-corrected chi connectivity index (χ4v) is 2.63. The van der Waals surface area contributed by atoms with Crippen molar-refractivity contribution in [2.75, 3.05) is 7.11 Å². The molecule has 0 aliphatic rings. The predicted octanol–water partition coefficient (Wildman–Crippen LogP) is 4.19. The van der Waals surface area contributed by atoms with Crippen LogP contribution in [0.15, 0.2) is 54.7 Å². The van der Waals surface area contributed by atoms with Crippen molar-refractivity contribution in [2.45, 2.75) is 6.54 Å². The summed E-state index contributed by atoms with van der Waals surface area (Å²) in [6.45, 7) is 0.263. The smallest absolute Gasteiger partial charge is 0.182 e. The lowest BCUT2D eigenvalue weighted by molar-refractivity contribution is 0.0973. The maximum Gasteiger partial charge on any atom is 0.182 e. The van der Waals surface area contributed by atoms with Crippen LogP contribution >= 0.6 is 11.6 Å². The Hall–Kier alpha value is -2.26. The van der Waals surface area contributed by atoms with Crippen LogP contribution < -0.4 is 4.74 Å². The first kappa shape index (κ1) is 13.7. The number of ketones is 1. The molecule has 106 valence electrons. The molecule has 1 heterocycles. The van der Waals surface area contributed by atoms with E-state index in [0.717, 1.165) is 16.7 Å². The van der Waals surface area contributed by atoms with Crippen LogP contribution in [0.2, 0.25) is 5.02 Å². The lowest BCUT2D eigenvalue weighted by atomic mass is 10.1. The van der Waals surface area contributed by atoms with Gasteiger partial charge in [0, 0.05) is 22.7 Å². The maximum absolute atomic E-state index is 12.4. The van der Waals surface area contributed by atoms with E-state index < -0.39 is 0 Å². The van der Waals surface area contributed by atoms with Gasteiger partial charge in [0.25, 0.3) is 0 Å². The highest BCUT2D eigenvalue weighted by Gasteiger charge is 2.11. The molecule has 0 fully saturated rings. The molecular formula is C17H14ClNO2. The summed E-state index contributed by atoms with van der Waals surface area (Å²) in [5.74, 6) is 0.774. The Labute approximate surface area is 127 Å². The lowest BCUT2D eigenvalue weighted by Gasteiger charge is -2.06. The minimum absolute atomic E-state index is 0.0371. The second-order valence-corrected chi connectivity index (χ2v) is 5.18. The molecule has 3 aromatic rings. The number of benzene rings is 2. The normalized spacial score (nSPS) is 10.8. The zero-order valence-corrected chi connectivity index (χ0v) is 12.3. The van der Waals surface area contributed by atoms with Crippen LogP contribution in [0.1, 0.15) is 10.4 Å². The van der Waals surface area contributed by atoms with Gasteiger partial charge in [-0.05, 0) is 30.3 Å². The molecule has 2 aromatic carbocycles. The summed E-state index contributed by atoms with van der Waals surface area (Å²) >= 11 is 6.20. The average Bonchev–Trinajstić information content (AvgIpc) is 2.84. The summed E-state index contributed by atoms with van der Waals surface area (Å²) in [6, 6.07) is 14.9. The van der Waals surface area contributed by atoms with E-state index in [2.05, 4.69) is 0 Å². The molecule has 0 N–H and O–H groups in total. The molecule has 3 nitrogen and oxygen atoms in total. The monoisotopic (exact) mass is 299 g/mol. The van der Waals surface area contributed by atoms with E-state index in [9.17, 15) is 4.79 Å². The Morgan fingerprint density at radius 1 is 1.14 bits per heavy atom. The number of hydrogen-bond acceptors (Lipinski definition) is 2. The van der Waals surface area contributed by atoms with Gasteiger partial charge in [0.1, 0.15) is 5.75 Å². The fourth-order valence-electron chi connectivity index (χ4n) is 2.36. The van der Waals surface area contributed by atoms with E-state index in [1.54, 1.807) is 37.6 Å². The molecule has 0 radical (unpaired) electrons. The first-order valence-electron chi connectivity index (χ1n) is 6.59. The molecular weight excluding hydrogens is 286 g/mol. The summed E-state index contributed by atoms with van der Waals surface area (Å²) in [5.41, 5.74) is 1.62. The number of Topliss-reactive ketones (excluding diaryl/α,β-unsaturated/α-hetero) is 1. The molecule has 0 unspecified atom stereocenters. The van der Waals surface area contributed by atoms with Crippen molar-refractivity contribution in [1.82, 2.24) is 4.57 Å². The van der Waals surface area contributed by atoms with E-state index in [1.165, 1.54) is 0 Å². The van der Waals surface area contributed by atoms with Crippen LogP contribution in [-0.2, 0) is 6.54 Å². The van der Waals surface area contributed by atoms with Crippen molar-refractivity contribution in [1.29, 1.82) is 0 Å². The van der Waals surface area contributed by atoms with Crippen LogP contribution in [0.5, 0.6) is 5.75 Å². The number of para-hydroxylation sites is 1. The number of hydrogen-bond donors (Lipinski definition) is 0. The number of ether oxygens (including phenoxy) is 1. The minimum atomic E-state index is 0.0371. The van der Waals surface area contributed by atoms with Gasteiger partial charge in [0.15, 0.2) is 5.78 Å². The van der Waals surface area contributed by atoms with Gasteiger partial charge < -0.3 is 9.30 Å². The topological polar surface area (TPSA) is 31.2 Å². The average molecular weight is 300 g/mol. The molecule has 0 amide bonds. The van der Waals surface area contributed by atoms with Gasteiger partial charge in [0.2, 0.25) is 0 Å². The first-order valence-corrected chi connectivity index (χ1v) is 6.97. The molecule has 1 aromatic heterocycles. The minimum Gasteiger partial charge on any atom is -0.497 e. The molecule has 3 rings (SSSR count). The van der Waals surface area contributed by atoms with Gasteiger partial charge in [-0.2, -0.15) is 0 Å². The van der Waals surface area contributed by atoms with Crippen molar-refractivity contribution < 1.29 is 9.53 Å². The summed E-state index contributed by atoms with van der Waals surface area (Å²) in [7, 11) is 1.60. The van der Waals surface area contributed by atoms with Crippen molar-refractivity contribution >= 4 is 28.3 Å². The van der Waals surface area contributed by atoms with Crippen molar-refractivity contribution in [3.63, 3.8) is 0 Å². The molecule has 0 aliphatic carbocycles. The van der Waals surface area contributed by atoms with E-state index in [-0.39, 0.29) is 12.3 Å². The number of halogens is 1. The van der Waals surface area contributed by atoms with E-state index in [1.807, 2.05) is 28.8 Å². The summed E-state index contributed by atoms with van der Waals surface area (Å²) in [5, 5.41) is 1.62. The molecule has 21 heavy (non-hydrogen) atoms. The van der Waals surface area contributed by atoms with Crippen LogP contribution in [0.3, 0.4) is 0 Å². The highest BCUT2D eigenvalue weighted by atomic mass is 35.5. The van der Waals surface area contributed by atoms with Crippen LogP contribution in [0.4, 0.5) is 0 Å². The Morgan fingerprint density at radius 3 is 2.57 bits per heavy atom. The van der Waals surface area contributed by atoms with Gasteiger partial charge >= 0.3 is 0 Å². The van der Waals surface area contributed by atoms with Gasteiger partial charge in [-0.15, -0.1) is 0 Å². The standard InChI is InChI=1S/C17H14ClNO2/c1-21-13-8-6-12(7-9-13)17(20)11-19-10-15(18)14-4-2-3-5-16(14)19/h2-10H,11H2,1H3. The van der Waals surface area contributed by atoms with Gasteiger partial charge in [0.05, 0.1) is 18.7 Å². The van der Waals surface area contributed by atoms with Gasteiger partial charge in [-0.25, -0.2) is 0 Å². The zero-order valence-electron chi connectivity index (χ0n) is 11.5. The largest absolute Gasteiger partial charge is 0.497 e. The zero-order chi connectivity index (χ0) is 14.8. The summed E-state index contributed by atoms with van der Waals surface area (Å²) < 4.78 is 6.97. The molecule has 0 saturated heterocycles. The predicted molar refractivity (Wildman–Crippen MR) is 84.3 cm³/mol. The van der Waals surface area contributed by atoms with Gasteiger partial charge in [-0.1, -0.05) is 29.8 Å². The Kier molecular flexibility index (Phi) is 3.67. The number of fused-ring (bicyclic) bond motifs is 1. The molecule has 0 atom stereocenters. The second kappa shape index (κ2) is 5.62. The SMILES string of the molecule is COc1ccc(C(=O)Cn2cc(Cl)c3ccccc32)cc1.